The summed E-state index contributed by atoms with van der Waals surface area (Å²) in [5, 5.41) is 0. The number of carbonyl (C=O) groups is 2. The maximum atomic E-state index is 11.7. The molecule has 0 unspecified atom stereocenters. The topological polar surface area (TPSA) is 43.4 Å². The fourth-order valence-corrected chi connectivity index (χ4v) is 2.95. The Labute approximate surface area is 115 Å². The average Bonchev–Trinajstić information content (AvgIpc) is 2.98. The van der Waals surface area contributed by atoms with Gasteiger partial charge in [0, 0.05) is 6.08 Å². The molecule has 1 heterocycles. The van der Waals surface area contributed by atoms with Crippen molar-refractivity contribution in [1.82, 2.24) is 0 Å². The zero-order chi connectivity index (χ0) is 13.7. The van der Waals surface area contributed by atoms with Gasteiger partial charge in [-0.15, -0.1) is 0 Å². The van der Waals surface area contributed by atoms with E-state index in [9.17, 15) is 9.59 Å². The Hall–Kier alpha value is -2.68. The molecule has 0 saturated carbocycles. The molecule has 3 nitrogen and oxygen atoms in total. The number of ether oxygens (including phenoxy) is 1. The van der Waals surface area contributed by atoms with Gasteiger partial charge >= 0.3 is 11.9 Å². The van der Waals surface area contributed by atoms with Crippen LogP contribution >= 0.6 is 0 Å². The number of fused-ring (bicyclic) bond motifs is 3. The Balaban J connectivity index is 1.92. The first-order valence-electron chi connectivity index (χ1n) is 6.42. The second-order valence-corrected chi connectivity index (χ2v) is 4.93. The standard InChI is InChI=1S/C17H10O3/c18-16-9-15(17(19)20-16)13-7-3-6-12-11-5-2-1-4-10(11)8-14(12)13/h1-7,9H,8H2. The summed E-state index contributed by atoms with van der Waals surface area (Å²) in [6.07, 6.45) is 2.06. The van der Waals surface area contributed by atoms with Crippen molar-refractivity contribution in [3.8, 4) is 11.1 Å². The summed E-state index contributed by atoms with van der Waals surface area (Å²) in [5.41, 5.74) is 5.82. The third-order valence-electron chi connectivity index (χ3n) is 3.82. The third-order valence-corrected chi connectivity index (χ3v) is 3.82. The lowest BCUT2D eigenvalue weighted by molar-refractivity contribution is -0.149. The molecule has 0 spiro atoms. The average molecular weight is 262 g/mol. The van der Waals surface area contributed by atoms with Gasteiger partial charge in [-0.05, 0) is 34.2 Å². The molecule has 0 aromatic heterocycles. The molecule has 1 aliphatic carbocycles. The van der Waals surface area contributed by atoms with Crippen molar-refractivity contribution in [2.24, 2.45) is 0 Å². The molecule has 2 aromatic rings. The van der Waals surface area contributed by atoms with Crippen LogP contribution in [0, 0.1) is 0 Å². The van der Waals surface area contributed by atoms with Crippen LogP contribution in [0.4, 0.5) is 0 Å². The lowest BCUT2D eigenvalue weighted by atomic mass is 9.96. The van der Waals surface area contributed by atoms with Gasteiger partial charge in [-0.3, -0.25) is 0 Å². The molecule has 4 rings (SSSR count). The fourth-order valence-electron chi connectivity index (χ4n) is 2.95. The van der Waals surface area contributed by atoms with Gasteiger partial charge in [0.1, 0.15) is 0 Å². The molecular formula is C17H10O3. The maximum absolute atomic E-state index is 11.7. The van der Waals surface area contributed by atoms with E-state index in [1.165, 1.54) is 17.2 Å². The van der Waals surface area contributed by atoms with Crippen LogP contribution in [0.15, 0.2) is 48.5 Å². The van der Waals surface area contributed by atoms with Crippen LogP contribution in [0.2, 0.25) is 0 Å². The van der Waals surface area contributed by atoms with Crippen LogP contribution in [0.1, 0.15) is 16.7 Å². The molecule has 1 aliphatic heterocycles. The summed E-state index contributed by atoms with van der Waals surface area (Å²) in [6.45, 7) is 0. The van der Waals surface area contributed by atoms with Gasteiger partial charge in [0.2, 0.25) is 0 Å². The highest BCUT2D eigenvalue weighted by molar-refractivity contribution is 6.28. The van der Waals surface area contributed by atoms with E-state index in [2.05, 4.69) is 16.9 Å². The summed E-state index contributed by atoms with van der Waals surface area (Å²) in [7, 11) is 0. The molecule has 2 aliphatic rings. The Morgan fingerprint density at radius 3 is 2.40 bits per heavy atom. The summed E-state index contributed by atoms with van der Waals surface area (Å²) in [6, 6.07) is 14.0. The number of rotatable bonds is 1. The molecule has 2 aromatic carbocycles. The van der Waals surface area contributed by atoms with Crippen molar-refractivity contribution in [1.29, 1.82) is 0 Å². The van der Waals surface area contributed by atoms with Gasteiger partial charge in [0.15, 0.2) is 0 Å². The van der Waals surface area contributed by atoms with Gasteiger partial charge in [0.05, 0.1) is 5.57 Å². The molecule has 0 amide bonds. The molecular weight excluding hydrogens is 252 g/mol. The van der Waals surface area contributed by atoms with Crippen LogP contribution < -0.4 is 0 Å². The number of hydrogen-bond donors (Lipinski definition) is 0. The van der Waals surface area contributed by atoms with E-state index in [0.29, 0.717) is 5.57 Å². The first-order chi connectivity index (χ1) is 9.74. The Bertz CT molecular complexity index is 800. The number of carbonyl (C=O) groups excluding carboxylic acids is 2. The van der Waals surface area contributed by atoms with Crippen molar-refractivity contribution in [3.63, 3.8) is 0 Å². The smallest absolute Gasteiger partial charge is 0.346 e. The minimum absolute atomic E-state index is 0.361. The molecule has 20 heavy (non-hydrogen) atoms. The Morgan fingerprint density at radius 1 is 0.850 bits per heavy atom. The van der Waals surface area contributed by atoms with Crippen LogP contribution in [-0.2, 0) is 20.7 Å². The lowest BCUT2D eigenvalue weighted by Gasteiger charge is -2.07. The minimum atomic E-state index is -0.585. The fraction of sp³-hybridized carbons (Fsp3) is 0.0588. The predicted octanol–water partition coefficient (Wildman–Crippen LogP) is 2.72. The van der Waals surface area contributed by atoms with Crippen molar-refractivity contribution >= 4 is 17.5 Å². The van der Waals surface area contributed by atoms with E-state index in [0.717, 1.165) is 23.1 Å². The monoisotopic (exact) mass is 262 g/mol. The van der Waals surface area contributed by atoms with Gasteiger partial charge in [-0.2, -0.15) is 0 Å². The highest BCUT2D eigenvalue weighted by atomic mass is 16.6. The number of benzene rings is 2. The number of cyclic esters (lactones) is 2. The highest BCUT2D eigenvalue weighted by Crippen LogP contribution is 2.40. The molecule has 0 atom stereocenters. The van der Waals surface area contributed by atoms with E-state index in [1.54, 1.807) is 0 Å². The summed E-state index contributed by atoms with van der Waals surface area (Å²) < 4.78 is 4.59. The molecule has 0 bridgehead atoms. The predicted molar refractivity (Wildman–Crippen MR) is 73.8 cm³/mol. The van der Waals surface area contributed by atoms with Crippen molar-refractivity contribution in [2.75, 3.05) is 0 Å². The summed E-state index contributed by atoms with van der Waals surface area (Å²) in [5.74, 6) is -1.14. The maximum Gasteiger partial charge on any atom is 0.346 e. The van der Waals surface area contributed by atoms with Crippen LogP contribution in [0.5, 0.6) is 0 Å². The number of hydrogen-bond acceptors (Lipinski definition) is 3. The van der Waals surface area contributed by atoms with Crippen LogP contribution in [0.25, 0.3) is 16.7 Å². The van der Waals surface area contributed by atoms with Crippen molar-refractivity contribution < 1.29 is 14.3 Å². The third kappa shape index (κ3) is 1.46. The summed E-state index contributed by atoms with van der Waals surface area (Å²) >= 11 is 0. The molecule has 0 saturated heterocycles. The number of esters is 2. The Morgan fingerprint density at radius 2 is 1.60 bits per heavy atom. The zero-order valence-electron chi connectivity index (χ0n) is 10.6. The van der Waals surface area contributed by atoms with Gasteiger partial charge in [-0.1, -0.05) is 42.5 Å². The van der Waals surface area contributed by atoms with Crippen LogP contribution in [0.3, 0.4) is 0 Å². The van der Waals surface area contributed by atoms with E-state index < -0.39 is 11.9 Å². The van der Waals surface area contributed by atoms with Gasteiger partial charge < -0.3 is 4.74 Å². The van der Waals surface area contributed by atoms with E-state index in [4.69, 9.17) is 0 Å². The zero-order valence-corrected chi connectivity index (χ0v) is 10.6. The van der Waals surface area contributed by atoms with Crippen LogP contribution in [-0.4, -0.2) is 11.9 Å². The SMILES string of the molecule is O=C1C=C(c2cccc3c2Cc2ccccc2-3)C(=O)O1. The highest BCUT2D eigenvalue weighted by Gasteiger charge is 2.29. The second kappa shape index (κ2) is 3.90. The molecule has 0 fully saturated rings. The largest absolute Gasteiger partial charge is 0.386 e. The first kappa shape index (κ1) is 11.2. The summed E-state index contributed by atoms with van der Waals surface area (Å²) in [4.78, 5) is 23.0. The van der Waals surface area contributed by atoms with Gasteiger partial charge in [-0.25, -0.2) is 9.59 Å². The molecule has 0 radical (unpaired) electrons. The Kier molecular flexibility index (Phi) is 2.18. The van der Waals surface area contributed by atoms with Gasteiger partial charge in [0.25, 0.3) is 0 Å². The lowest BCUT2D eigenvalue weighted by Crippen LogP contribution is -2.03. The van der Waals surface area contributed by atoms with E-state index >= 15 is 0 Å². The quantitative estimate of drug-likeness (QED) is 0.500. The second-order valence-electron chi connectivity index (χ2n) is 4.93. The molecule has 96 valence electrons. The minimum Gasteiger partial charge on any atom is -0.386 e. The van der Waals surface area contributed by atoms with E-state index in [-0.39, 0.29) is 0 Å². The normalized spacial score (nSPS) is 15.7. The van der Waals surface area contributed by atoms with E-state index in [1.807, 2.05) is 30.3 Å². The van der Waals surface area contributed by atoms with Crippen molar-refractivity contribution in [2.45, 2.75) is 6.42 Å². The van der Waals surface area contributed by atoms with Crippen molar-refractivity contribution in [3.05, 3.63) is 65.2 Å². The molecule has 0 N–H and O–H groups in total. The first-order valence-corrected chi connectivity index (χ1v) is 6.42. The molecule has 3 heteroatoms.